The Bertz CT molecular complexity index is 1080. The van der Waals surface area contributed by atoms with E-state index in [2.05, 4.69) is 10.1 Å². The Morgan fingerprint density at radius 2 is 2.00 bits per heavy atom. The van der Waals surface area contributed by atoms with Crippen molar-refractivity contribution in [3.05, 3.63) is 56.7 Å². The quantitative estimate of drug-likeness (QED) is 0.722. The Morgan fingerprint density at radius 3 is 2.62 bits per heavy atom. The summed E-state index contributed by atoms with van der Waals surface area (Å²) < 4.78 is 2.61. The minimum atomic E-state index is -0.769. The lowest BCUT2D eigenvalue weighted by molar-refractivity contribution is -0.118. The number of amides is 2. The third kappa shape index (κ3) is 2.88. The number of nitrogens with zero attached hydrogens (tertiary/aromatic N) is 4. The second kappa shape index (κ2) is 6.20. The van der Waals surface area contributed by atoms with E-state index in [1.807, 2.05) is 0 Å². The molecule has 3 aromatic rings. The third-order valence-corrected chi connectivity index (χ3v) is 4.21. The second-order valence-corrected chi connectivity index (χ2v) is 5.90. The van der Waals surface area contributed by atoms with Gasteiger partial charge in [-0.15, -0.1) is 11.3 Å². The van der Waals surface area contributed by atoms with Gasteiger partial charge in [0.2, 0.25) is 0 Å². The number of fused-ring (bicyclic) bond motifs is 1. The third-order valence-electron chi connectivity index (χ3n) is 3.37. The highest BCUT2D eigenvalue weighted by molar-refractivity contribution is 7.07. The Kier molecular flexibility index (Phi) is 4.09. The molecule has 0 aliphatic heterocycles. The van der Waals surface area contributed by atoms with Crippen LogP contribution in [0.5, 0.6) is 0 Å². The first-order valence-corrected chi connectivity index (χ1v) is 7.82. The van der Waals surface area contributed by atoms with Crippen LogP contribution < -0.4 is 16.1 Å². The Labute approximate surface area is 139 Å². The lowest BCUT2D eigenvalue weighted by Gasteiger charge is -2.07. The van der Waals surface area contributed by atoms with E-state index in [0.717, 1.165) is 4.68 Å². The lowest BCUT2D eigenvalue weighted by atomic mass is 10.1. The average Bonchev–Trinajstić information content (AvgIpc) is 2.95. The number of carbonyl (C=O) groups is 2. The molecule has 3 rings (SSSR count). The van der Waals surface area contributed by atoms with Crippen LogP contribution in [0.25, 0.3) is 10.8 Å². The Morgan fingerprint density at radius 1 is 1.29 bits per heavy atom. The zero-order chi connectivity index (χ0) is 17.3. The van der Waals surface area contributed by atoms with E-state index in [1.54, 1.807) is 47.5 Å². The molecular formula is C15H13N5O3S. The monoisotopic (exact) mass is 343 g/mol. The molecule has 0 saturated heterocycles. The summed E-state index contributed by atoms with van der Waals surface area (Å²) in [4.78, 5) is 40.6. The number of rotatable bonds is 3. The number of primary amides is 1. The summed E-state index contributed by atoms with van der Waals surface area (Å²) in [5, 5.41) is 6.36. The van der Waals surface area contributed by atoms with E-state index in [4.69, 9.17) is 5.73 Å². The molecule has 122 valence electrons. The van der Waals surface area contributed by atoms with Gasteiger partial charge in [-0.2, -0.15) is 10.1 Å². The van der Waals surface area contributed by atoms with Crippen molar-refractivity contribution in [2.45, 2.75) is 6.54 Å². The van der Waals surface area contributed by atoms with Crippen LogP contribution in [0.15, 0.2) is 45.6 Å². The maximum atomic E-state index is 12.5. The van der Waals surface area contributed by atoms with E-state index in [-0.39, 0.29) is 17.6 Å². The first-order valence-electron chi connectivity index (χ1n) is 6.94. The van der Waals surface area contributed by atoms with Crippen molar-refractivity contribution in [1.29, 1.82) is 0 Å². The normalized spacial score (nSPS) is 11.8. The molecule has 0 fully saturated rings. The number of hydrogen-bond donors (Lipinski definition) is 1. The van der Waals surface area contributed by atoms with E-state index < -0.39 is 17.4 Å². The van der Waals surface area contributed by atoms with Crippen LogP contribution >= 0.6 is 11.3 Å². The highest BCUT2D eigenvalue weighted by Gasteiger charge is 2.15. The van der Waals surface area contributed by atoms with Gasteiger partial charge in [-0.25, -0.2) is 4.68 Å². The van der Waals surface area contributed by atoms with Crippen molar-refractivity contribution >= 4 is 33.9 Å². The van der Waals surface area contributed by atoms with Gasteiger partial charge in [0.05, 0.1) is 5.39 Å². The molecule has 1 aromatic carbocycles. The molecule has 24 heavy (non-hydrogen) atoms. The fourth-order valence-corrected chi connectivity index (χ4v) is 2.98. The molecule has 2 amide bonds. The standard InChI is InChI=1S/C15H13N5O3S/c1-19-6-7-24-15(19)17-11(21)8-20-14(23)10-5-3-2-4-9(10)12(18-20)13(16)22/h2-7H,8H2,1H3,(H2,16,22). The summed E-state index contributed by atoms with van der Waals surface area (Å²) in [6, 6.07) is 6.49. The van der Waals surface area contributed by atoms with Gasteiger partial charge in [0, 0.05) is 24.0 Å². The summed E-state index contributed by atoms with van der Waals surface area (Å²) >= 11 is 1.30. The van der Waals surface area contributed by atoms with Gasteiger partial charge in [-0.1, -0.05) is 18.2 Å². The van der Waals surface area contributed by atoms with Crippen molar-refractivity contribution in [1.82, 2.24) is 14.3 Å². The first-order chi connectivity index (χ1) is 11.5. The predicted octanol–water partition coefficient (Wildman–Crippen LogP) is 0.0229. The number of carbonyl (C=O) groups excluding carboxylic acids is 2. The van der Waals surface area contributed by atoms with E-state index in [1.165, 1.54) is 11.3 Å². The summed E-state index contributed by atoms with van der Waals surface area (Å²) in [6.45, 7) is -0.373. The summed E-state index contributed by atoms with van der Waals surface area (Å²) in [5.74, 6) is -1.32. The van der Waals surface area contributed by atoms with Crippen LogP contribution in [0.4, 0.5) is 0 Å². The van der Waals surface area contributed by atoms with Gasteiger partial charge in [0.1, 0.15) is 6.54 Å². The molecule has 0 aliphatic carbocycles. The first kappa shape index (κ1) is 15.8. The number of aryl methyl sites for hydroxylation is 1. The smallest absolute Gasteiger partial charge is 0.275 e. The molecule has 9 heteroatoms. The molecule has 0 unspecified atom stereocenters. The summed E-state index contributed by atoms with van der Waals surface area (Å²) in [5.41, 5.74) is 4.80. The van der Waals surface area contributed by atoms with Crippen molar-refractivity contribution in [2.75, 3.05) is 0 Å². The van der Waals surface area contributed by atoms with Crippen molar-refractivity contribution in [3.63, 3.8) is 0 Å². The van der Waals surface area contributed by atoms with Crippen molar-refractivity contribution < 1.29 is 9.59 Å². The minimum absolute atomic E-state index is 0.0559. The molecule has 2 N–H and O–H groups in total. The molecular weight excluding hydrogens is 330 g/mol. The number of aromatic nitrogens is 3. The maximum Gasteiger partial charge on any atom is 0.275 e. The molecule has 0 aliphatic rings. The fraction of sp³-hybridized carbons (Fsp3) is 0.133. The van der Waals surface area contributed by atoms with E-state index in [0.29, 0.717) is 10.2 Å². The minimum Gasteiger partial charge on any atom is -0.364 e. The largest absolute Gasteiger partial charge is 0.364 e. The van der Waals surface area contributed by atoms with Crippen LogP contribution in [0.2, 0.25) is 0 Å². The molecule has 8 nitrogen and oxygen atoms in total. The highest BCUT2D eigenvalue weighted by Crippen LogP contribution is 2.12. The summed E-state index contributed by atoms with van der Waals surface area (Å²) in [6.07, 6.45) is 1.77. The lowest BCUT2D eigenvalue weighted by Crippen LogP contribution is -2.30. The predicted molar refractivity (Wildman–Crippen MR) is 88.4 cm³/mol. The SMILES string of the molecule is Cn1ccsc1=NC(=O)Cn1nc(C(N)=O)c2ccccc2c1=O. The molecule has 2 aromatic heterocycles. The zero-order valence-corrected chi connectivity index (χ0v) is 13.5. The molecule has 0 radical (unpaired) electrons. The van der Waals surface area contributed by atoms with Gasteiger partial charge < -0.3 is 10.3 Å². The number of hydrogen-bond acceptors (Lipinski definition) is 5. The molecule has 0 atom stereocenters. The second-order valence-electron chi connectivity index (χ2n) is 5.02. The molecule has 2 heterocycles. The Hall–Kier alpha value is -3.07. The number of nitrogens with two attached hydrogens (primary N) is 1. The average molecular weight is 343 g/mol. The van der Waals surface area contributed by atoms with Gasteiger partial charge >= 0.3 is 0 Å². The van der Waals surface area contributed by atoms with Gasteiger partial charge in [0.25, 0.3) is 17.4 Å². The number of thiazole rings is 1. The molecule has 0 saturated carbocycles. The van der Waals surface area contributed by atoms with Crippen LogP contribution in [-0.4, -0.2) is 26.2 Å². The molecule has 0 spiro atoms. The maximum absolute atomic E-state index is 12.5. The van der Waals surface area contributed by atoms with Gasteiger partial charge in [-0.05, 0) is 6.07 Å². The van der Waals surface area contributed by atoms with E-state index >= 15 is 0 Å². The highest BCUT2D eigenvalue weighted by atomic mass is 32.1. The van der Waals surface area contributed by atoms with Crippen LogP contribution in [0.1, 0.15) is 10.5 Å². The van der Waals surface area contributed by atoms with Crippen LogP contribution in [-0.2, 0) is 18.4 Å². The van der Waals surface area contributed by atoms with E-state index in [9.17, 15) is 14.4 Å². The van der Waals surface area contributed by atoms with Crippen molar-refractivity contribution in [3.8, 4) is 0 Å². The van der Waals surface area contributed by atoms with Gasteiger partial charge in [-0.3, -0.25) is 14.4 Å². The topological polar surface area (TPSA) is 112 Å². The zero-order valence-electron chi connectivity index (χ0n) is 12.7. The summed E-state index contributed by atoms with van der Waals surface area (Å²) in [7, 11) is 1.76. The van der Waals surface area contributed by atoms with Gasteiger partial charge in [0.15, 0.2) is 10.5 Å². The number of benzene rings is 1. The van der Waals surface area contributed by atoms with Crippen LogP contribution in [0, 0.1) is 0 Å². The fourth-order valence-electron chi connectivity index (χ4n) is 2.23. The molecule has 0 bridgehead atoms. The van der Waals surface area contributed by atoms with Crippen LogP contribution in [0.3, 0.4) is 0 Å². The Balaban J connectivity index is 2.09. The van der Waals surface area contributed by atoms with Crippen molar-refractivity contribution in [2.24, 2.45) is 17.8 Å².